The highest BCUT2D eigenvalue weighted by Gasteiger charge is 2.23. The van der Waals surface area contributed by atoms with Crippen LogP contribution < -0.4 is 21.0 Å². The van der Waals surface area contributed by atoms with Crippen molar-refractivity contribution in [1.82, 2.24) is 10.6 Å². The Balaban J connectivity index is 0.976. The van der Waals surface area contributed by atoms with Gasteiger partial charge in [-0.2, -0.15) is 0 Å². The molecule has 5 rings (SSSR count). The summed E-state index contributed by atoms with van der Waals surface area (Å²) in [5.41, 5.74) is 2.44. The molecule has 0 saturated carbocycles. The van der Waals surface area contributed by atoms with E-state index < -0.39 is 11.9 Å². The van der Waals surface area contributed by atoms with Gasteiger partial charge in [-0.3, -0.25) is 14.4 Å². The lowest BCUT2D eigenvalue weighted by atomic mass is 9.90. The minimum absolute atomic E-state index is 0.00484. The predicted molar refractivity (Wildman–Crippen MR) is 200 cm³/mol. The van der Waals surface area contributed by atoms with E-state index in [9.17, 15) is 29.4 Å². The lowest BCUT2D eigenvalue weighted by Gasteiger charge is -2.18. The minimum atomic E-state index is -1.24. The van der Waals surface area contributed by atoms with Gasteiger partial charge in [-0.15, -0.1) is 0 Å². The number of carbonyl (C=O) groups is 3. The lowest BCUT2D eigenvalue weighted by Crippen LogP contribution is -2.28. The normalized spacial score (nSPS) is 11.1. The van der Waals surface area contributed by atoms with E-state index >= 15 is 0 Å². The van der Waals surface area contributed by atoms with Crippen LogP contribution in [0, 0.1) is 0 Å². The number of carboxylic acids is 1. The monoisotopic (exact) mass is 725 g/mol. The van der Waals surface area contributed by atoms with Crippen molar-refractivity contribution in [3.63, 3.8) is 0 Å². The topological polar surface area (TPSA) is 177 Å². The van der Waals surface area contributed by atoms with Crippen LogP contribution in [-0.2, 0) is 19.0 Å². The number of phenolic OH excluding ortho intramolecular Hbond substituents is 1. The molecule has 0 radical (unpaired) electrons. The molecule has 0 atom stereocenters. The number of nitrogens with one attached hydrogen (secondary N) is 2. The number of hydrogen-bond acceptors (Lipinski definition) is 10. The molecule has 0 spiro atoms. The van der Waals surface area contributed by atoms with Gasteiger partial charge in [0.25, 0.3) is 5.91 Å². The molecule has 4 N–H and O–H groups in total. The number of anilines is 1. The summed E-state index contributed by atoms with van der Waals surface area (Å²) in [6.45, 7) is 3.40. The van der Waals surface area contributed by atoms with Crippen molar-refractivity contribution >= 4 is 34.4 Å². The van der Waals surface area contributed by atoms with Crippen LogP contribution in [0.4, 0.5) is 5.69 Å². The molecular formula is C40H43N3O10. The van der Waals surface area contributed by atoms with Gasteiger partial charge in [-0.1, -0.05) is 24.3 Å². The van der Waals surface area contributed by atoms with E-state index in [-0.39, 0.29) is 52.7 Å². The molecule has 2 amide bonds. The Morgan fingerprint density at radius 3 is 2.17 bits per heavy atom. The maximum atomic E-state index is 12.9. The number of carboxylic acid groups (broad SMARTS) is 1. The number of phenols is 1. The molecule has 13 heteroatoms. The van der Waals surface area contributed by atoms with Gasteiger partial charge in [0, 0.05) is 73.0 Å². The van der Waals surface area contributed by atoms with Crippen LogP contribution in [0.15, 0.2) is 94.1 Å². The summed E-state index contributed by atoms with van der Waals surface area (Å²) in [6.07, 6.45) is 1.20. The van der Waals surface area contributed by atoms with Crippen LogP contribution in [0.25, 0.3) is 33.4 Å². The van der Waals surface area contributed by atoms with Crippen molar-refractivity contribution in [3.8, 4) is 28.2 Å². The number of para-hydroxylation sites is 1. The molecule has 2 aliphatic rings. The highest BCUT2D eigenvalue weighted by molar-refractivity contribution is 6.09. The molecule has 0 unspecified atom stereocenters. The molecule has 278 valence electrons. The summed E-state index contributed by atoms with van der Waals surface area (Å²) in [5.74, 6) is -1.54. The zero-order valence-corrected chi connectivity index (χ0v) is 29.5. The largest absolute Gasteiger partial charge is 0.508 e. The zero-order chi connectivity index (χ0) is 37.6. The fourth-order valence-corrected chi connectivity index (χ4v) is 5.75. The van der Waals surface area contributed by atoms with Crippen molar-refractivity contribution < 1.29 is 43.2 Å². The van der Waals surface area contributed by atoms with Crippen molar-refractivity contribution in [2.24, 2.45) is 0 Å². The van der Waals surface area contributed by atoms with Gasteiger partial charge in [0.15, 0.2) is 5.43 Å². The number of fused-ring (bicyclic) bond motifs is 2. The Kier molecular flexibility index (Phi) is 13.9. The van der Waals surface area contributed by atoms with Crippen LogP contribution in [0.2, 0.25) is 0 Å². The van der Waals surface area contributed by atoms with E-state index in [1.807, 2.05) is 37.4 Å². The van der Waals surface area contributed by atoms with Crippen molar-refractivity contribution in [2.75, 3.05) is 71.2 Å². The molecule has 1 heterocycles. The zero-order valence-electron chi connectivity index (χ0n) is 29.5. The van der Waals surface area contributed by atoms with Gasteiger partial charge in [-0.25, -0.2) is 4.79 Å². The third-order valence-corrected chi connectivity index (χ3v) is 8.40. The molecule has 0 saturated heterocycles. The van der Waals surface area contributed by atoms with E-state index in [0.717, 1.165) is 18.7 Å². The second kappa shape index (κ2) is 19.2. The first-order valence-corrected chi connectivity index (χ1v) is 17.3. The van der Waals surface area contributed by atoms with Gasteiger partial charge in [0.05, 0.1) is 45.2 Å². The first kappa shape index (κ1) is 38.5. The molecule has 3 aromatic rings. The molecule has 0 fully saturated rings. The van der Waals surface area contributed by atoms with Gasteiger partial charge in [0.2, 0.25) is 5.91 Å². The van der Waals surface area contributed by atoms with E-state index in [0.29, 0.717) is 68.1 Å². The first-order valence-electron chi connectivity index (χ1n) is 17.3. The van der Waals surface area contributed by atoms with Crippen LogP contribution in [0.3, 0.4) is 0 Å². The molecule has 1 aliphatic carbocycles. The third kappa shape index (κ3) is 10.9. The van der Waals surface area contributed by atoms with Crippen LogP contribution in [0.5, 0.6) is 5.75 Å². The van der Waals surface area contributed by atoms with Gasteiger partial charge < -0.3 is 44.4 Å². The van der Waals surface area contributed by atoms with Gasteiger partial charge >= 0.3 is 5.97 Å². The van der Waals surface area contributed by atoms with Crippen molar-refractivity contribution in [1.29, 1.82) is 0 Å². The summed E-state index contributed by atoms with van der Waals surface area (Å²) in [6, 6.07) is 23.1. The number of amides is 2. The van der Waals surface area contributed by atoms with Crippen LogP contribution >= 0.6 is 0 Å². The third-order valence-electron chi connectivity index (χ3n) is 8.40. The molecule has 3 aromatic carbocycles. The lowest BCUT2D eigenvalue weighted by molar-refractivity contribution is -0.121. The van der Waals surface area contributed by atoms with Crippen LogP contribution in [0.1, 0.15) is 33.6 Å². The minimum Gasteiger partial charge on any atom is -0.508 e. The second-order valence-electron chi connectivity index (χ2n) is 12.2. The van der Waals surface area contributed by atoms with Crippen LogP contribution in [-0.4, -0.2) is 94.3 Å². The van der Waals surface area contributed by atoms with E-state index in [2.05, 4.69) is 15.5 Å². The van der Waals surface area contributed by atoms with Crippen molar-refractivity contribution in [3.05, 3.63) is 106 Å². The molecule has 13 nitrogen and oxygen atoms in total. The smallest absolute Gasteiger partial charge is 0.336 e. The fourth-order valence-electron chi connectivity index (χ4n) is 5.75. The highest BCUT2D eigenvalue weighted by atomic mass is 16.5. The quantitative estimate of drug-likeness (QED) is 0.0642. The molecule has 0 bridgehead atoms. The Labute approximate surface area is 306 Å². The first-order chi connectivity index (χ1) is 25.7. The maximum Gasteiger partial charge on any atom is 0.336 e. The number of aromatic carboxylic acids is 1. The number of nitrogens with zero attached hydrogens (tertiary/aromatic N) is 1. The number of rotatable bonds is 20. The maximum absolute atomic E-state index is 12.9. The summed E-state index contributed by atoms with van der Waals surface area (Å²) in [7, 11) is 2.01. The van der Waals surface area contributed by atoms with Gasteiger partial charge in [0.1, 0.15) is 17.1 Å². The SMILES string of the molecule is CN(CCCC(=O)NCCOCCOCCOCCNC(=O)c1ccc(-c2c3ccc(=O)cc-3oc3cc(O)ccc23)c(C(=O)O)c1)c1ccccc1. The molecule has 53 heavy (non-hydrogen) atoms. The van der Waals surface area contributed by atoms with E-state index in [1.165, 1.54) is 36.4 Å². The number of aromatic hydroxyl groups is 1. The number of ether oxygens (including phenoxy) is 3. The molecular weight excluding hydrogens is 682 g/mol. The summed E-state index contributed by atoms with van der Waals surface area (Å²) in [5, 5.41) is 26.3. The van der Waals surface area contributed by atoms with Crippen molar-refractivity contribution in [2.45, 2.75) is 12.8 Å². The number of benzene rings is 4. The Bertz CT molecular complexity index is 2030. The number of hydrogen-bond donors (Lipinski definition) is 4. The molecule has 1 aliphatic heterocycles. The summed E-state index contributed by atoms with van der Waals surface area (Å²) in [4.78, 5) is 51.6. The molecule has 0 aromatic heterocycles. The predicted octanol–water partition coefficient (Wildman–Crippen LogP) is 4.78. The Hall–Kier alpha value is -5.76. The summed E-state index contributed by atoms with van der Waals surface area (Å²) < 4.78 is 22.4. The summed E-state index contributed by atoms with van der Waals surface area (Å²) >= 11 is 0. The van der Waals surface area contributed by atoms with Gasteiger partial charge in [-0.05, 0) is 60.5 Å². The standard InChI is InChI=1S/C40H43N3O10/c1-43(28-6-3-2-4-7-28)17-5-8-37(46)41-15-18-50-20-22-52-23-21-51-19-16-42-39(47)27-9-12-31(34(24-27)40(48)49)38-32-13-10-29(44)25-35(32)53-36-26-30(45)11-14-33(36)38/h2-4,6-7,9-14,24-26,44H,5,8,15-23H2,1H3,(H,41,46)(H,42,47)(H,48,49). The Morgan fingerprint density at radius 1 is 0.774 bits per heavy atom. The second-order valence-corrected chi connectivity index (χ2v) is 12.2. The highest BCUT2D eigenvalue weighted by Crippen LogP contribution is 2.42. The average Bonchev–Trinajstić information content (AvgIpc) is 3.15. The van der Waals surface area contributed by atoms with E-state index in [1.54, 1.807) is 18.2 Å². The van der Waals surface area contributed by atoms with E-state index in [4.69, 9.17) is 18.6 Å². The number of carbonyl (C=O) groups excluding carboxylic acids is 2. The Morgan fingerprint density at radius 2 is 1.45 bits per heavy atom. The average molecular weight is 726 g/mol. The fraction of sp³-hybridized carbons (Fsp3) is 0.300.